The molecule has 0 aliphatic carbocycles. The monoisotopic (exact) mass is 283 g/mol. The van der Waals surface area contributed by atoms with E-state index in [0.717, 1.165) is 5.56 Å². The van der Waals surface area contributed by atoms with Crippen molar-refractivity contribution in [3.05, 3.63) is 29.6 Å². The largest absolute Gasteiger partial charge is 0.494 e. The zero-order chi connectivity index (χ0) is 15.3. The van der Waals surface area contributed by atoms with E-state index in [2.05, 4.69) is 0 Å². The lowest BCUT2D eigenvalue weighted by atomic mass is 10.0. The number of rotatable bonds is 6. The van der Waals surface area contributed by atoms with Crippen LogP contribution in [-0.2, 0) is 11.3 Å². The second-order valence-corrected chi connectivity index (χ2v) is 5.71. The van der Waals surface area contributed by atoms with Gasteiger partial charge >= 0.3 is 5.97 Å². The number of methoxy groups -OCH3 is 1. The average Bonchev–Trinajstić information content (AvgIpc) is 2.33. The van der Waals surface area contributed by atoms with Crippen LogP contribution in [0.3, 0.4) is 0 Å². The van der Waals surface area contributed by atoms with Crippen molar-refractivity contribution in [3.8, 4) is 5.75 Å². The van der Waals surface area contributed by atoms with Crippen molar-refractivity contribution in [1.82, 2.24) is 4.90 Å². The highest BCUT2D eigenvalue weighted by Crippen LogP contribution is 2.22. The predicted octanol–water partition coefficient (Wildman–Crippen LogP) is 2.91. The van der Waals surface area contributed by atoms with Crippen LogP contribution in [0, 0.1) is 5.82 Å². The normalized spacial score (nSPS) is 11.7. The summed E-state index contributed by atoms with van der Waals surface area (Å²) in [5.41, 5.74) is 0.606. The van der Waals surface area contributed by atoms with Crippen molar-refractivity contribution in [2.24, 2.45) is 0 Å². The third-order valence-corrected chi connectivity index (χ3v) is 3.13. The molecule has 0 aliphatic heterocycles. The topological polar surface area (TPSA) is 49.8 Å². The molecular formula is C15H22FNO3. The van der Waals surface area contributed by atoms with Crippen molar-refractivity contribution in [3.63, 3.8) is 0 Å². The highest BCUT2D eigenvalue weighted by atomic mass is 19.1. The van der Waals surface area contributed by atoms with Crippen LogP contribution in [0.1, 0.15) is 32.8 Å². The molecule has 0 unspecified atom stereocenters. The third-order valence-electron chi connectivity index (χ3n) is 3.13. The van der Waals surface area contributed by atoms with Gasteiger partial charge in [0.15, 0.2) is 11.6 Å². The number of benzene rings is 1. The molecule has 1 rings (SSSR count). The molecule has 20 heavy (non-hydrogen) atoms. The number of hydrogen-bond donors (Lipinski definition) is 1. The minimum Gasteiger partial charge on any atom is -0.494 e. The van der Waals surface area contributed by atoms with E-state index in [9.17, 15) is 9.18 Å². The minimum atomic E-state index is -0.833. The summed E-state index contributed by atoms with van der Waals surface area (Å²) in [5, 5.41) is 8.80. The Hall–Kier alpha value is -1.62. The summed E-state index contributed by atoms with van der Waals surface area (Å²) in [6.45, 7) is 6.95. The molecule has 1 aromatic carbocycles. The predicted molar refractivity (Wildman–Crippen MR) is 75.4 cm³/mol. The molecular weight excluding hydrogens is 261 g/mol. The van der Waals surface area contributed by atoms with Gasteiger partial charge in [-0.15, -0.1) is 0 Å². The molecule has 4 nitrogen and oxygen atoms in total. The first-order valence-corrected chi connectivity index (χ1v) is 6.53. The molecule has 0 amide bonds. The van der Waals surface area contributed by atoms with Gasteiger partial charge in [-0.2, -0.15) is 0 Å². The number of hydrogen-bond acceptors (Lipinski definition) is 3. The van der Waals surface area contributed by atoms with Gasteiger partial charge in [0.25, 0.3) is 0 Å². The lowest BCUT2D eigenvalue weighted by molar-refractivity contribution is -0.137. The van der Waals surface area contributed by atoms with Crippen LogP contribution in [0.25, 0.3) is 0 Å². The van der Waals surface area contributed by atoms with E-state index in [1.165, 1.54) is 13.2 Å². The second kappa shape index (κ2) is 6.70. The van der Waals surface area contributed by atoms with Gasteiger partial charge in [-0.25, -0.2) is 4.39 Å². The molecule has 0 saturated heterocycles. The molecule has 5 heteroatoms. The Labute approximate surface area is 119 Å². The molecule has 0 fully saturated rings. The van der Waals surface area contributed by atoms with Gasteiger partial charge < -0.3 is 9.84 Å². The zero-order valence-electron chi connectivity index (χ0n) is 12.4. The first kappa shape index (κ1) is 16.4. The number of nitrogens with zero attached hydrogens (tertiary/aromatic N) is 1. The molecule has 0 radical (unpaired) electrons. The number of halogens is 1. The molecule has 1 N–H and O–H groups in total. The van der Waals surface area contributed by atoms with Crippen LogP contribution < -0.4 is 4.74 Å². The van der Waals surface area contributed by atoms with Crippen molar-refractivity contribution in [2.75, 3.05) is 13.7 Å². The Morgan fingerprint density at radius 3 is 2.50 bits per heavy atom. The number of carbonyl (C=O) groups is 1. The van der Waals surface area contributed by atoms with E-state index in [0.29, 0.717) is 13.1 Å². The summed E-state index contributed by atoms with van der Waals surface area (Å²) >= 11 is 0. The van der Waals surface area contributed by atoms with Crippen LogP contribution >= 0.6 is 0 Å². The lowest BCUT2D eigenvalue weighted by Gasteiger charge is -2.35. The molecule has 0 bridgehead atoms. The third kappa shape index (κ3) is 4.81. The maximum absolute atomic E-state index is 13.7. The Morgan fingerprint density at radius 2 is 2.05 bits per heavy atom. The van der Waals surface area contributed by atoms with Crippen LogP contribution in [0.4, 0.5) is 4.39 Å². The molecule has 0 saturated carbocycles. The van der Waals surface area contributed by atoms with Crippen LogP contribution in [0.2, 0.25) is 0 Å². The molecule has 112 valence electrons. The Balaban J connectivity index is 2.84. The number of carboxylic acids is 1. The maximum atomic E-state index is 13.7. The van der Waals surface area contributed by atoms with Crippen molar-refractivity contribution >= 4 is 5.97 Å². The fourth-order valence-corrected chi connectivity index (χ4v) is 1.91. The van der Waals surface area contributed by atoms with E-state index >= 15 is 0 Å². The fraction of sp³-hybridized carbons (Fsp3) is 0.533. The Morgan fingerprint density at radius 1 is 1.40 bits per heavy atom. The summed E-state index contributed by atoms with van der Waals surface area (Å²) in [6, 6.07) is 4.81. The summed E-state index contributed by atoms with van der Waals surface area (Å²) in [4.78, 5) is 12.7. The Kier molecular flexibility index (Phi) is 5.51. The number of aliphatic carboxylic acids is 1. The van der Waals surface area contributed by atoms with Crippen LogP contribution in [-0.4, -0.2) is 35.2 Å². The quantitative estimate of drug-likeness (QED) is 0.872. The second-order valence-electron chi connectivity index (χ2n) is 5.71. The van der Waals surface area contributed by atoms with Gasteiger partial charge in [-0.1, -0.05) is 6.07 Å². The SMILES string of the molecule is COc1ccc(CN(CCC(=O)O)C(C)(C)C)cc1F. The van der Waals surface area contributed by atoms with E-state index < -0.39 is 11.8 Å². The van der Waals surface area contributed by atoms with E-state index in [4.69, 9.17) is 9.84 Å². The van der Waals surface area contributed by atoms with Gasteiger partial charge in [-0.3, -0.25) is 9.69 Å². The average molecular weight is 283 g/mol. The molecule has 0 heterocycles. The van der Waals surface area contributed by atoms with Gasteiger partial charge in [-0.05, 0) is 38.5 Å². The van der Waals surface area contributed by atoms with E-state index in [1.54, 1.807) is 12.1 Å². The lowest BCUT2D eigenvalue weighted by Crippen LogP contribution is -2.42. The summed E-state index contributed by atoms with van der Waals surface area (Å²) in [6.07, 6.45) is 0.0654. The molecule has 0 atom stereocenters. The summed E-state index contributed by atoms with van der Waals surface area (Å²) < 4.78 is 18.6. The standard InChI is InChI=1S/C15H22FNO3/c1-15(2,3)17(8-7-14(18)19)10-11-5-6-13(20-4)12(16)9-11/h5-6,9H,7-8,10H2,1-4H3,(H,18,19). The number of ether oxygens (including phenoxy) is 1. The molecule has 0 aromatic heterocycles. The first-order valence-electron chi connectivity index (χ1n) is 6.53. The van der Waals surface area contributed by atoms with Crippen molar-refractivity contribution in [2.45, 2.75) is 39.3 Å². The first-order chi connectivity index (χ1) is 9.24. The highest BCUT2D eigenvalue weighted by Gasteiger charge is 2.22. The minimum absolute atomic E-state index is 0.0654. The fourth-order valence-electron chi connectivity index (χ4n) is 1.91. The van der Waals surface area contributed by atoms with Gasteiger partial charge in [0.05, 0.1) is 13.5 Å². The summed E-state index contributed by atoms with van der Waals surface area (Å²) in [7, 11) is 1.42. The van der Waals surface area contributed by atoms with E-state index in [-0.39, 0.29) is 17.7 Å². The smallest absolute Gasteiger partial charge is 0.304 e. The highest BCUT2D eigenvalue weighted by molar-refractivity contribution is 5.66. The van der Waals surface area contributed by atoms with Gasteiger partial charge in [0.2, 0.25) is 0 Å². The van der Waals surface area contributed by atoms with E-state index in [1.807, 2.05) is 25.7 Å². The van der Waals surface area contributed by atoms with Crippen LogP contribution in [0.15, 0.2) is 18.2 Å². The van der Waals surface area contributed by atoms with Crippen molar-refractivity contribution < 1.29 is 19.0 Å². The molecule has 0 aliphatic rings. The maximum Gasteiger partial charge on any atom is 0.304 e. The zero-order valence-corrected chi connectivity index (χ0v) is 12.4. The number of carboxylic acid groups (broad SMARTS) is 1. The van der Waals surface area contributed by atoms with Crippen LogP contribution in [0.5, 0.6) is 5.75 Å². The van der Waals surface area contributed by atoms with Gasteiger partial charge in [0, 0.05) is 18.6 Å². The summed E-state index contributed by atoms with van der Waals surface area (Å²) in [5.74, 6) is -1.03. The molecule has 0 spiro atoms. The molecule has 1 aromatic rings. The van der Waals surface area contributed by atoms with Crippen molar-refractivity contribution in [1.29, 1.82) is 0 Å². The Bertz CT molecular complexity index is 469. The van der Waals surface area contributed by atoms with Gasteiger partial charge in [0.1, 0.15) is 0 Å².